The van der Waals surface area contributed by atoms with Gasteiger partial charge in [-0.2, -0.15) is 0 Å². The summed E-state index contributed by atoms with van der Waals surface area (Å²) in [6, 6.07) is 13.7. The first kappa shape index (κ1) is 30.6. The topological polar surface area (TPSA) is 96.8 Å². The molecule has 0 aliphatic heterocycles. The minimum Gasteiger partial charge on any atom is -0.493 e. The molecule has 0 saturated carbocycles. The second-order valence-electron chi connectivity index (χ2n) is 9.77. The molecule has 0 radical (unpaired) electrons. The molecule has 1 atom stereocenters. The number of hydrogen-bond acceptors (Lipinski definition) is 8. The van der Waals surface area contributed by atoms with Gasteiger partial charge in [-0.15, -0.1) is 0 Å². The Balaban J connectivity index is 1.61. The van der Waals surface area contributed by atoms with Crippen molar-refractivity contribution in [3.63, 3.8) is 0 Å². The minimum atomic E-state index is -0.861. The fourth-order valence-electron chi connectivity index (χ4n) is 3.89. The molecule has 2 aromatic carbocycles. The molecule has 1 aromatic heterocycles. The number of esters is 1. The Hall–Kier alpha value is -3.94. The van der Waals surface area contributed by atoms with E-state index >= 15 is 0 Å². The van der Waals surface area contributed by atoms with E-state index in [1.165, 1.54) is 50.2 Å². The summed E-state index contributed by atoms with van der Waals surface area (Å²) >= 11 is 0. The maximum absolute atomic E-state index is 13.1. The largest absolute Gasteiger partial charge is 0.513 e. The molecule has 0 bridgehead atoms. The van der Waals surface area contributed by atoms with Gasteiger partial charge in [0.1, 0.15) is 22.8 Å². The zero-order chi connectivity index (χ0) is 28.6. The van der Waals surface area contributed by atoms with Crippen molar-refractivity contribution in [2.24, 2.45) is 5.92 Å². The van der Waals surface area contributed by atoms with Crippen LogP contribution in [0, 0.1) is 5.92 Å². The lowest BCUT2D eigenvalue weighted by Crippen LogP contribution is -2.16. The number of unbranched alkanes of at least 4 members (excludes halogenated alkanes) is 6. The van der Waals surface area contributed by atoms with Crippen molar-refractivity contribution >= 4 is 12.1 Å². The van der Waals surface area contributed by atoms with Gasteiger partial charge in [0.15, 0.2) is 0 Å². The quantitative estimate of drug-likeness (QED) is 0.101. The van der Waals surface area contributed by atoms with E-state index in [9.17, 15) is 9.59 Å². The number of para-hydroxylation sites is 1. The van der Waals surface area contributed by atoms with E-state index in [0.29, 0.717) is 29.5 Å². The number of aromatic nitrogens is 2. The molecule has 0 amide bonds. The first-order chi connectivity index (χ1) is 19.5. The summed E-state index contributed by atoms with van der Waals surface area (Å²) in [6.07, 6.45) is 10.9. The zero-order valence-electron chi connectivity index (χ0n) is 23.8. The average Bonchev–Trinajstić information content (AvgIpc) is 2.98. The SMILES string of the molecule is CCCCCCCCCOC(=O)Oc1ccccc1C(=O)Oc1nccnc1-c1cccc(OCC(C)CC)c1. The number of carbonyl (C=O) groups is 2. The van der Waals surface area contributed by atoms with Crippen LogP contribution < -0.4 is 14.2 Å². The van der Waals surface area contributed by atoms with Gasteiger partial charge in [-0.1, -0.05) is 90.0 Å². The second-order valence-corrected chi connectivity index (χ2v) is 9.77. The van der Waals surface area contributed by atoms with Gasteiger partial charge in [0.2, 0.25) is 5.88 Å². The molecule has 1 heterocycles. The number of ether oxygens (including phenoxy) is 4. The van der Waals surface area contributed by atoms with Gasteiger partial charge in [-0.05, 0) is 36.6 Å². The van der Waals surface area contributed by atoms with Crippen molar-refractivity contribution in [3.05, 3.63) is 66.5 Å². The first-order valence-corrected chi connectivity index (χ1v) is 14.2. The molecular formula is C32H40N2O6. The fourth-order valence-corrected chi connectivity index (χ4v) is 3.89. The molecule has 214 valence electrons. The third kappa shape index (κ3) is 9.98. The molecule has 0 saturated heterocycles. The summed E-state index contributed by atoms with van der Waals surface area (Å²) in [6.45, 7) is 7.30. The number of carbonyl (C=O) groups excluding carboxylic acids is 2. The van der Waals surface area contributed by atoms with Gasteiger partial charge in [-0.25, -0.2) is 19.6 Å². The Morgan fingerprint density at radius 2 is 1.60 bits per heavy atom. The average molecular weight is 549 g/mol. The Labute approximate surface area is 237 Å². The van der Waals surface area contributed by atoms with Crippen LogP contribution >= 0.6 is 0 Å². The molecule has 0 aliphatic rings. The predicted molar refractivity (Wildman–Crippen MR) is 154 cm³/mol. The molecule has 0 N–H and O–H groups in total. The Morgan fingerprint density at radius 3 is 2.40 bits per heavy atom. The standard InChI is InChI=1S/C32H40N2O6/c1-4-6-7-8-9-10-13-21-37-32(36)39-28-18-12-11-17-27(28)31(35)40-30-29(33-19-20-34-30)25-15-14-16-26(22-25)38-23-24(3)5-2/h11-12,14-20,22,24H,4-10,13,21,23H2,1-3H3. The van der Waals surface area contributed by atoms with E-state index in [-0.39, 0.29) is 23.8 Å². The van der Waals surface area contributed by atoms with E-state index in [1.54, 1.807) is 12.1 Å². The Kier molecular flexibility index (Phi) is 12.9. The second kappa shape index (κ2) is 16.9. The van der Waals surface area contributed by atoms with Crippen LogP contribution in [0.1, 0.15) is 82.5 Å². The summed E-state index contributed by atoms with van der Waals surface area (Å²) in [4.78, 5) is 34.0. The van der Waals surface area contributed by atoms with Crippen LogP contribution in [0.25, 0.3) is 11.3 Å². The van der Waals surface area contributed by atoms with Crippen molar-refractivity contribution in [2.45, 2.75) is 72.1 Å². The fraction of sp³-hybridized carbons (Fsp3) is 0.438. The minimum absolute atomic E-state index is 0.0305. The molecule has 0 fully saturated rings. The maximum atomic E-state index is 13.1. The van der Waals surface area contributed by atoms with Crippen LogP contribution in [0.15, 0.2) is 60.9 Å². The summed E-state index contributed by atoms with van der Waals surface area (Å²) < 4.78 is 22.1. The van der Waals surface area contributed by atoms with Crippen molar-refractivity contribution in [1.82, 2.24) is 9.97 Å². The molecule has 8 heteroatoms. The summed E-state index contributed by atoms with van der Waals surface area (Å²) in [5.41, 5.74) is 1.14. The normalized spacial score (nSPS) is 11.5. The highest BCUT2D eigenvalue weighted by Gasteiger charge is 2.21. The highest BCUT2D eigenvalue weighted by Crippen LogP contribution is 2.30. The highest BCUT2D eigenvalue weighted by atomic mass is 16.7. The third-order valence-electron chi connectivity index (χ3n) is 6.46. The van der Waals surface area contributed by atoms with Crippen molar-refractivity contribution in [2.75, 3.05) is 13.2 Å². The van der Waals surface area contributed by atoms with E-state index in [4.69, 9.17) is 18.9 Å². The Bertz CT molecular complexity index is 1220. The van der Waals surface area contributed by atoms with E-state index in [2.05, 4.69) is 30.7 Å². The highest BCUT2D eigenvalue weighted by molar-refractivity contribution is 5.95. The molecule has 8 nitrogen and oxygen atoms in total. The first-order valence-electron chi connectivity index (χ1n) is 14.2. The molecule has 40 heavy (non-hydrogen) atoms. The van der Waals surface area contributed by atoms with E-state index in [1.807, 2.05) is 24.3 Å². The molecule has 0 aliphatic carbocycles. The van der Waals surface area contributed by atoms with Gasteiger partial charge in [0, 0.05) is 18.0 Å². The number of nitrogens with zero attached hydrogens (tertiary/aromatic N) is 2. The van der Waals surface area contributed by atoms with Gasteiger partial charge in [-0.3, -0.25) is 0 Å². The van der Waals surface area contributed by atoms with Crippen LogP contribution in [0.5, 0.6) is 17.4 Å². The molecule has 1 unspecified atom stereocenters. The summed E-state index contributed by atoms with van der Waals surface area (Å²) in [5.74, 6) is 0.457. The van der Waals surface area contributed by atoms with Gasteiger partial charge >= 0.3 is 12.1 Å². The van der Waals surface area contributed by atoms with Crippen molar-refractivity contribution in [1.29, 1.82) is 0 Å². The Morgan fingerprint density at radius 1 is 0.850 bits per heavy atom. The molecule has 3 rings (SSSR count). The van der Waals surface area contributed by atoms with Crippen LogP contribution in [0.2, 0.25) is 0 Å². The lowest BCUT2D eigenvalue weighted by Gasteiger charge is -2.13. The monoisotopic (exact) mass is 548 g/mol. The lowest BCUT2D eigenvalue weighted by atomic mass is 10.1. The van der Waals surface area contributed by atoms with Crippen molar-refractivity contribution in [3.8, 4) is 28.6 Å². The summed E-state index contributed by atoms with van der Waals surface area (Å²) in [5, 5.41) is 0. The van der Waals surface area contributed by atoms with Crippen LogP contribution in [0.4, 0.5) is 4.79 Å². The van der Waals surface area contributed by atoms with Gasteiger partial charge in [0.05, 0.1) is 13.2 Å². The van der Waals surface area contributed by atoms with E-state index < -0.39 is 12.1 Å². The number of hydrogen-bond donors (Lipinski definition) is 0. The van der Waals surface area contributed by atoms with Crippen LogP contribution in [-0.4, -0.2) is 35.3 Å². The summed E-state index contributed by atoms with van der Waals surface area (Å²) in [7, 11) is 0. The number of rotatable bonds is 16. The van der Waals surface area contributed by atoms with E-state index in [0.717, 1.165) is 25.7 Å². The third-order valence-corrected chi connectivity index (χ3v) is 6.46. The van der Waals surface area contributed by atoms with Crippen LogP contribution in [-0.2, 0) is 4.74 Å². The molecule has 3 aromatic rings. The zero-order valence-corrected chi connectivity index (χ0v) is 23.8. The molecular weight excluding hydrogens is 508 g/mol. The maximum Gasteiger partial charge on any atom is 0.513 e. The lowest BCUT2D eigenvalue weighted by molar-refractivity contribution is 0.0719. The van der Waals surface area contributed by atoms with Crippen LogP contribution in [0.3, 0.4) is 0 Å². The van der Waals surface area contributed by atoms with Crippen molar-refractivity contribution < 1.29 is 28.5 Å². The van der Waals surface area contributed by atoms with Gasteiger partial charge < -0.3 is 18.9 Å². The smallest absolute Gasteiger partial charge is 0.493 e. The molecule has 0 spiro atoms. The predicted octanol–water partition coefficient (Wildman–Crippen LogP) is 8.05. The number of benzene rings is 2. The van der Waals surface area contributed by atoms with Gasteiger partial charge in [0.25, 0.3) is 0 Å².